The zero-order valence-electron chi connectivity index (χ0n) is 4.90. The van der Waals surface area contributed by atoms with Crippen molar-refractivity contribution in [2.24, 2.45) is 0 Å². The van der Waals surface area contributed by atoms with Gasteiger partial charge in [-0.2, -0.15) is 0 Å². The Hall–Kier alpha value is 0.158. The molecule has 10 heavy (non-hydrogen) atoms. The summed E-state index contributed by atoms with van der Waals surface area (Å²) in [6, 6.07) is 0. The molecule has 0 nitrogen and oxygen atoms in total. The second kappa shape index (κ2) is 61.1. The molecule has 0 saturated carbocycles. The first-order chi connectivity index (χ1) is 4.24. The summed E-state index contributed by atoms with van der Waals surface area (Å²) < 4.78 is 0. The van der Waals surface area contributed by atoms with Gasteiger partial charge in [0, 0.05) is 0 Å². The average molecular weight is 293 g/mol. The minimum Gasteiger partial charge on any atom is -0.725 e. The predicted octanol–water partition coefficient (Wildman–Crippen LogP) is -0.00880. The Labute approximate surface area is 96.6 Å². The molecule has 0 rings (SSSR count). The standard InChI is InChI=1S/3C2H2S.Sb/c3*1-2-3;/h3*1,3H;/q;;;+3/p-3. The number of hydrogen-bond acceptors (Lipinski definition) is 3. The molecule has 0 heterocycles. The maximum absolute atomic E-state index is 4.41. The van der Waals surface area contributed by atoms with Gasteiger partial charge < -0.3 is 37.9 Å². The van der Waals surface area contributed by atoms with Gasteiger partial charge in [0.1, 0.15) is 0 Å². The van der Waals surface area contributed by atoms with Crippen molar-refractivity contribution < 1.29 is 0 Å². The van der Waals surface area contributed by atoms with Crippen LogP contribution < -0.4 is 0 Å². The molecule has 0 bridgehead atoms. The number of rotatable bonds is 0. The van der Waals surface area contributed by atoms with Crippen molar-refractivity contribution in [2.45, 2.75) is 0 Å². The van der Waals surface area contributed by atoms with Crippen molar-refractivity contribution in [3.63, 3.8) is 0 Å². The molecule has 0 unspecified atom stereocenters. The fourth-order valence-electron chi connectivity index (χ4n) is 0. The number of terminal acetylenes is 3. The maximum Gasteiger partial charge on any atom is 3.00 e. The Morgan fingerprint density at radius 2 is 0.700 bits per heavy atom. The van der Waals surface area contributed by atoms with Crippen LogP contribution in [0.15, 0.2) is 0 Å². The van der Waals surface area contributed by atoms with Crippen LogP contribution in [0.5, 0.6) is 0 Å². The van der Waals surface area contributed by atoms with E-state index in [4.69, 9.17) is 0 Å². The van der Waals surface area contributed by atoms with Gasteiger partial charge in [-0.25, -0.2) is 0 Å². The van der Waals surface area contributed by atoms with Crippen LogP contribution in [0, 0.1) is 35.0 Å². The first-order valence-corrected chi connectivity index (χ1v) is 2.70. The molecule has 0 N–H and O–H groups in total. The molecule has 0 aromatic rings. The second-order valence-corrected chi connectivity index (χ2v) is 1.06. The molecule has 0 aromatic heterocycles. The Morgan fingerprint density at radius 3 is 0.700 bits per heavy atom. The minimum absolute atomic E-state index is 0. The molecular formula is C6H3S3Sb. The van der Waals surface area contributed by atoms with Gasteiger partial charge >= 0.3 is 24.4 Å². The Morgan fingerprint density at radius 1 is 0.700 bits per heavy atom. The molecule has 0 aliphatic rings. The van der Waals surface area contributed by atoms with Crippen molar-refractivity contribution in [3.05, 3.63) is 0 Å². The molecule has 50 valence electrons. The van der Waals surface area contributed by atoms with E-state index in [9.17, 15) is 0 Å². The molecule has 0 saturated heterocycles. The first-order valence-electron chi connectivity index (χ1n) is 1.48. The summed E-state index contributed by atoms with van der Waals surface area (Å²) >= 11 is 11.8. The quantitative estimate of drug-likeness (QED) is 0.350. The van der Waals surface area contributed by atoms with Crippen LogP contribution in [-0.2, 0) is 37.9 Å². The van der Waals surface area contributed by atoms with Crippen LogP contribution in [0.2, 0.25) is 0 Å². The molecule has 0 aliphatic carbocycles. The van der Waals surface area contributed by atoms with Gasteiger partial charge in [-0.3, -0.25) is 15.8 Å². The van der Waals surface area contributed by atoms with E-state index in [1.54, 1.807) is 0 Å². The van der Waals surface area contributed by atoms with E-state index in [1.165, 1.54) is 0 Å². The van der Waals surface area contributed by atoms with E-state index in [-0.39, 0.29) is 24.4 Å². The van der Waals surface area contributed by atoms with Crippen LogP contribution in [0.25, 0.3) is 0 Å². The SMILES string of the molecule is C#C[S-].C#C[S-].C#C[S-].[Sb+3]. The van der Waals surface area contributed by atoms with Crippen LogP contribution in [0.3, 0.4) is 0 Å². The molecule has 0 amide bonds. The normalized spacial score (nSPS) is 2.10. The summed E-state index contributed by atoms with van der Waals surface area (Å²) in [5.74, 6) is 0. The van der Waals surface area contributed by atoms with E-state index in [0.29, 0.717) is 0 Å². The third-order valence-corrected chi connectivity index (χ3v) is 0. The van der Waals surface area contributed by atoms with Gasteiger partial charge in [0.2, 0.25) is 0 Å². The molecule has 0 atom stereocenters. The second-order valence-electron chi connectivity index (χ2n) is 0.354. The van der Waals surface area contributed by atoms with Crippen molar-refractivity contribution in [1.29, 1.82) is 0 Å². The van der Waals surface area contributed by atoms with Crippen LogP contribution in [-0.4, -0.2) is 24.4 Å². The monoisotopic (exact) mass is 292 g/mol. The van der Waals surface area contributed by atoms with Gasteiger partial charge in [0.15, 0.2) is 0 Å². The van der Waals surface area contributed by atoms with Crippen LogP contribution in [0.1, 0.15) is 0 Å². The summed E-state index contributed by atoms with van der Waals surface area (Å²) in [6.07, 6.45) is 13.2. The molecule has 0 fully saturated rings. The van der Waals surface area contributed by atoms with Crippen LogP contribution in [0.4, 0.5) is 0 Å². The Kier molecular flexibility index (Phi) is 137. The van der Waals surface area contributed by atoms with Crippen LogP contribution >= 0.6 is 0 Å². The molecule has 0 aromatic carbocycles. The summed E-state index contributed by atoms with van der Waals surface area (Å²) in [5, 5.41) is 5.50. The zero-order valence-corrected chi connectivity index (χ0v) is 9.91. The summed E-state index contributed by atoms with van der Waals surface area (Å²) in [4.78, 5) is 0. The maximum atomic E-state index is 4.41. The van der Waals surface area contributed by atoms with E-state index < -0.39 is 0 Å². The van der Waals surface area contributed by atoms with Gasteiger partial charge in [0.05, 0.1) is 0 Å². The Balaban J connectivity index is -0.0000000257. The van der Waals surface area contributed by atoms with Crippen molar-refractivity contribution in [1.82, 2.24) is 0 Å². The summed E-state index contributed by atoms with van der Waals surface area (Å²) in [5.41, 5.74) is 0. The molecule has 2 radical (unpaired) electrons. The third-order valence-electron chi connectivity index (χ3n) is 0. The third kappa shape index (κ3) is 16700. The van der Waals surface area contributed by atoms with Gasteiger partial charge in [-0.05, 0) is 0 Å². The van der Waals surface area contributed by atoms with E-state index in [2.05, 4.69) is 57.2 Å². The average Bonchev–Trinajstić information content (AvgIpc) is 1.70. The molecule has 4 heteroatoms. The summed E-state index contributed by atoms with van der Waals surface area (Å²) in [6.45, 7) is 0. The minimum atomic E-state index is 0. The largest absolute Gasteiger partial charge is 3.00 e. The fourth-order valence-corrected chi connectivity index (χ4v) is 0. The number of hydrogen-bond donors (Lipinski definition) is 0. The van der Waals surface area contributed by atoms with E-state index >= 15 is 0 Å². The molecule has 0 spiro atoms. The summed E-state index contributed by atoms with van der Waals surface area (Å²) in [7, 11) is 0. The van der Waals surface area contributed by atoms with Crippen molar-refractivity contribution >= 4 is 62.3 Å². The van der Waals surface area contributed by atoms with E-state index in [0.717, 1.165) is 0 Å². The molecular weight excluding hydrogens is 290 g/mol. The van der Waals surface area contributed by atoms with Crippen molar-refractivity contribution in [3.8, 4) is 35.0 Å². The smallest absolute Gasteiger partial charge is 0.725 e. The molecule has 0 aliphatic heterocycles. The Bertz CT molecular complexity index is 106. The predicted molar refractivity (Wildman–Crippen MR) is 54.3 cm³/mol. The van der Waals surface area contributed by atoms with Crippen molar-refractivity contribution in [2.75, 3.05) is 0 Å². The first kappa shape index (κ1) is 22.5. The van der Waals surface area contributed by atoms with Gasteiger partial charge in [-0.15, -0.1) is 19.3 Å². The fraction of sp³-hybridized carbons (Fsp3) is 0. The zero-order chi connectivity index (χ0) is 8.12. The van der Waals surface area contributed by atoms with Gasteiger partial charge in [0.25, 0.3) is 0 Å². The van der Waals surface area contributed by atoms with E-state index in [1.807, 2.05) is 15.8 Å². The topological polar surface area (TPSA) is 0 Å². The van der Waals surface area contributed by atoms with Gasteiger partial charge in [-0.1, -0.05) is 0 Å².